The number of hydrogen-bond acceptors (Lipinski definition) is 5. The molecule has 2 amide bonds. The van der Waals surface area contributed by atoms with Crippen LogP contribution in [-0.2, 0) is 17.6 Å². The van der Waals surface area contributed by atoms with Crippen molar-refractivity contribution in [2.24, 2.45) is 5.73 Å². The molecule has 0 radical (unpaired) electrons. The van der Waals surface area contributed by atoms with E-state index in [4.69, 9.17) is 10.5 Å². The molecule has 0 fully saturated rings. The third kappa shape index (κ3) is 3.76. The van der Waals surface area contributed by atoms with Crippen LogP contribution in [0.3, 0.4) is 0 Å². The van der Waals surface area contributed by atoms with Crippen LogP contribution < -0.4 is 21.1 Å². The van der Waals surface area contributed by atoms with E-state index in [0.29, 0.717) is 16.3 Å². The van der Waals surface area contributed by atoms with E-state index < -0.39 is 5.91 Å². The first-order chi connectivity index (χ1) is 12.1. The fourth-order valence-corrected chi connectivity index (χ4v) is 4.36. The molecule has 4 N–H and O–H groups in total. The molecular weight excluding hydrogens is 338 g/mol. The summed E-state index contributed by atoms with van der Waals surface area (Å²) in [5.74, 6) is -0.0425. The Morgan fingerprint density at radius 2 is 2.00 bits per heavy atom. The number of fused-ring (bicyclic) bond motifs is 1. The molecule has 3 rings (SSSR count). The summed E-state index contributed by atoms with van der Waals surface area (Å²) in [7, 11) is 1.58. The zero-order chi connectivity index (χ0) is 17.8. The number of para-hydroxylation sites is 2. The lowest BCUT2D eigenvalue weighted by molar-refractivity contribution is -0.114. The fraction of sp³-hybridized carbons (Fsp3) is 0.333. The standard InChI is InChI=1S/C18H21N3O3S/c1-24-13-8-4-3-7-12(13)20-10-15(22)21-18-16(17(19)23)11-6-2-5-9-14(11)25-18/h3-4,7-8,20H,2,5-6,9-10H2,1H3,(H2,19,23)(H,21,22). The summed E-state index contributed by atoms with van der Waals surface area (Å²) in [4.78, 5) is 25.3. The number of methoxy groups -OCH3 is 1. The number of carbonyl (C=O) groups is 2. The minimum atomic E-state index is -0.479. The highest BCUT2D eigenvalue weighted by molar-refractivity contribution is 7.17. The van der Waals surface area contributed by atoms with E-state index in [1.54, 1.807) is 7.11 Å². The van der Waals surface area contributed by atoms with Crippen molar-refractivity contribution in [3.63, 3.8) is 0 Å². The molecular formula is C18H21N3O3S. The molecule has 0 spiro atoms. The summed E-state index contributed by atoms with van der Waals surface area (Å²) in [6.07, 6.45) is 3.94. The summed E-state index contributed by atoms with van der Waals surface area (Å²) in [5.41, 5.74) is 7.77. The van der Waals surface area contributed by atoms with Gasteiger partial charge in [-0.1, -0.05) is 12.1 Å². The van der Waals surface area contributed by atoms with Crippen molar-refractivity contribution in [3.8, 4) is 5.75 Å². The maximum Gasteiger partial charge on any atom is 0.251 e. The first-order valence-electron chi connectivity index (χ1n) is 8.21. The van der Waals surface area contributed by atoms with Crippen molar-refractivity contribution in [2.45, 2.75) is 25.7 Å². The van der Waals surface area contributed by atoms with Gasteiger partial charge in [0.25, 0.3) is 5.91 Å². The summed E-state index contributed by atoms with van der Waals surface area (Å²) in [5, 5.41) is 6.44. The van der Waals surface area contributed by atoms with Gasteiger partial charge in [0, 0.05) is 4.88 Å². The van der Waals surface area contributed by atoms with Crippen molar-refractivity contribution in [3.05, 3.63) is 40.3 Å². The molecule has 0 atom stereocenters. The zero-order valence-electron chi connectivity index (χ0n) is 14.1. The van der Waals surface area contributed by atoms with Crippen molar-refractivity contribution in [1.29, 1.82) is 0 Å². The number of aryl methyl sites for hydroxylation is 1. The normalized spacial score (nSPS) is 13.0. The second-order valence-corrected chi connectivity index (χ2v) is 6.99. The van der Waals surface area contributed by atoms with Gasteiger partial charge < -0.3 is 21.1 Å². The van der Waals surface area contributed by atoms with Crippen LogP contribution in [0.4, 0.5) is 10.7 Å². The number of benzene rings is 1. The Balaban J connectivity index is 1.71. The van der Waals surface area contributed by atoms with Gasteiger partial charge in [0.15, 0.2) is 0 Å². The van der Waals surface area contributed by atoms with Gasteiger partial charge in [-0.25, -0.2) is 0 Å². The minimum Gasteiger partial charge on any atom is -0.495 e. The molecule has 0 saturated heterocycles. The number of nitrogens with one attached hydrogen (secondary N) is 2. The second-order valence-electron chi connectivity index (χ2n) is 5.88. The number of thiophene rings is 1. The van der Waals surface area contributed by atoms with E-state index in [2.05, 4.69) is 10.6 Å². The van der Waals surface area contributed by atoms with Gasteiger partial charge in [0.2, 0.25) is 5.91 Å². The zero-order valence-corrected chi connectivity index (χ0v) is 14.9. The molecule has 132 valence electrons. The summed E-state index contributed by atoms with van der Waals surface area (Å²) >= 11 is 1.46. The molecule has 0 bridgehead atoms. The van der Waals surface area contributed by atoms with Gasteiger partial charge in [-0.3, -0.25) is 9.59 Å². The second kappa shape index (κ2) is 7.57. The van der Waals surface area contributed by atoms with Crippen LogP contribution in [-0.4, -0.2) is 25.5 Å². The molecule has 1 aromatic carbocycles. The molecule has 0 unspecified atom stereocenters. The molecule has 6 nitrogen and oxygen atoms in total. The fourth-order valence-electron chi connectivity index (χ4n) is 3.05. The number of carbonyl (C=O) groups excluding carboxylic acids is 2. The number of nitrogens with two attached hydrogens (primary N) is 1. The Bertz CT molecular complexity index is 801. The van der Waals surface area contributed by atoms with Gasteiger partial charge in [-0.2, -0.15) is 0 Å². The monoisotopic (exact) mass is 359 g/mol. The van der Waals surface area contributed by atoms with Crippen LogP contribution in [0.25, 0.3) is 0 Å². The molecule has 0 saturated carbocycles. The highest BCUT2D eigenvalue weighted by Crippen LogP contribution is 2.37. The van der Waals surface area contributed by atoms with Crippen LogP contribution in [0.2, 0.25) is 0 Å². The molecule has 2 aromatic rings. The smallest absolute Gasteiger partial charge is 0.251 e. The molecule has 25 heavy (non-hydrogen) atoms. The average Bonchev–Trinajstić information content (AvgIpc) is 2.98. The number of ether oxygens (including phenoxy) is 1. The van der Waals surface area contributed by atoms with Gasteiger partial charge in [-0.15, -0.1) is 11.3 Å². The number of amides is 2. The molecule has 1 heterocycles. The predicted octanol–water partition coefficient (Wildman–Crippen LogP) is 2.79. The van der Waals surface area contributed by atoms with Crippen LogP contribution in [0.1, 0.15) is 33.6 Å². The van der Waals surface area contributed by atoms with Crippen LogP contribution >= 0.6 is 11.3 Å². The number of anilines is 2. The molecule has 0 aliphatic heterocycles. The molecule has 1 aliphatic carbocycles. The van der Waals surface area contributed by atoms with Gasteiger partial charge in [0.05, 0.1) is 24.9 Å². The lowest BCUT2D eigenvalue weighted by Crippen LogP contribution is -2.23. The lowest BCUT2D eigenvalue weighted by atomic mass is 9.95. The van der Waals surface area contributed by atoms with Gasteiger partial charge >= 0.3 is 0 Å². The van der Waals surface area contributed by atoms with Crippen molar-refractivity contribution < 1.29 is 14.3 Å². The van der Waals surface area contributed by atoms with Crippen LogP contribution in [0.5, 0.6) is 5.75 Å². The Labute approximate surface area is 150 Å². The average molecular weight is 359 g/mol. The number of hydrogen-bond donors (Lipinski definition) is 3. The molecule has 1 aliphatic rings. The predicted molar refractivity (Wildman–Crippen MR) is 99.6 cm³/mol. The van der Waals surface area contributed by atoms with Crippen molar-refractivity contribution in [2.75, 3.05) is 24.3 Å². The topological polar surface area (TPSA) is 93.4 Å². The molecule has 1 aromatic heterocycles. The van der Waals surface area contributed by atoms with Crippen molar-refractivity contribution >= 4 is 33.8 Å². The highest BCUT2D eigenvalue weighted by Gasteiger charge is 2.24. The largest absolute Gasteiger partial charge is 0.495 e. The van der Waals surface area contributed by atoms with Crippen molar-refractivity contribution in [1.82, 2.24) is 0 Å². The summed E-state index contributed by atoms with van der Waals surface area (Å²) in [6.45, 7) is 0.0706. The Hall–Kier alpha value is -2.54. The lowest BCUT2D eigenvalue weighted by Gasteiger charge is -2.12. The van der Waals surface area contributed by atoms with E-state index in [-0.39, 0.29) is 12.5 Å². The Morgan fingerprint density at radius 1 is 1.24 bits per heavy atom. The first kappa shape index (κ1) is 17.3. The van der Waals surface area contributed by atoms with E-state index in [1.807, 2.05) is 24.3 Å². The van der Waals surface area contributed by atoms with Crippen LogP contribution in [0.15, 0.2) is 24.3 Å². The molecule has 7 heteroatoms. The number of rotatable bonds is 6. The third-order valence-corrected chi connectivity index (χ3v) is 5.42. The van der Waals surface area contributed by atoms with E-state index >= 15 is 0 Å². The minimum absolute atomic E-state index is 0.0706. The quantitative estimate of drug-likeness (QED) is 0.739. The summed E-state index contributed by atoms with van der Waals surface area (Å²) < 4.78 is 5.25. The van der Waals surface area contributed by atoms with Gasteiger partial charge in [0.1, 0.15) is 10.8 Å². The summed E-state index contributed by atoms with van der Waals surface area (Å²) in [6, 6.07) is 7.38. The van der Waals surface area contributed by atoms with E-state index in [1.165, 1.54) is 11.3 Å². The van der Waals surface area contributed by atoms with E-state index in [0.717, 1.165) is 41.8 Å². The van der Waals surface area contributed by atoms with Crippen LogP contribution in [0, 0.1) is 0 Å². The Kier molecular flexibility index (Phi) is 5.23. The number of primary amides is 1. The van der Waals surface area contributed by atoms with E-state index in [9.17, 15) is 9.59 Å². The Morgan fingerprint density at radius 3 is 2.76 bits per heavy atom. The third-order valence-electron chi connectivity index (χ3n) is 4.22. The maximum atomic E-state index is 12.3. The first-order valence-corrected chi connectivity index (χ1v) is 9.03. The SMILES string of the molecule is COc1ccccc1NCC(=O)Nc1sc2c(c1C(N)=O)CCCC2. The highest BCUT2D eigenvalue weighted by atomic mass is 32.1. The maximum absolute atomic E-state index is 12.3. The van der Waals surface area contributed by atoms with Gasteiger partial charge in [-0.05, 0) is 43.4 Å².